The fraction of sp³-hybridized carbons (Fsp3) is 0.417. The second-order valence-corrected chi connectivity index (χ2v) is 4.55. The molecule has 100 valence electrons. The van der Waals surface area contributed by atoms with Crippen LogP contribution in [0.25, 0.3) is 0 Å². The van der Waals surface area contributed by atoms with Gasteiger partial charge in [-0.25, -0.2) is 13.1 Å². The molecule has 0 aliphatic carbocycles. The van der Waals surface area contributed by atoms with Crippen LogP contribution in [-0.4, -0.2) is 23.2 Å². The van der Waals surface area contributed by atoms with E-state index < -0.39 is 23.0 Å². The number of anilines is 1. The number of carbonyl (C=O) groups excluding carboxylic acids is 1. The van der Waals surface area contributed by atoms with Crippen molar-refractivity contribution >= 4 is 23.6 Å². The van der Waals surface area contributed by atoms with Crippen molar-refractivity contribution in [1.82, 2.24) is 4.31 Å². The molecule has 0 aromatic heterocycles. The molecule has 0 saturated carbocycles. The third-order valence-electron chi connectivity index (χ3n) is 2.43. The van der Waals surface area contributed by atoms with Crippen LogP contribution >= 0.6 is 12.1 Å². The largest absolute Gasteiger partial charge is 0.314 e. The molecule has 0 unspecified atom stereocenters. The van der Waals surface area contributed by atoms with Gasteiger partial charge < -0.3 is 4.72 Å². The minimum absolute atomic E-state index is 0.110. The van der Waals surface area contributed by atoms with Crippen molar-refractivity contribution in [2.75, 3.05) is 17.8 Å². The van der Waals surface area contributed by atoms with E-state index >= 15 is 0 Å². The number of rotatable bonds is 6. The Balaban J connectivity index is 2.91. The minimum atomic E-state index is -0.845. The summed E-state index contributed by atoms with van der Waals surface area (Å²) >= 11 is 1.22. The van der Waals surface area contributed by atoms with Crippen LogP contribution < -0.4 is 4.72 Å². The molecule has 0 aliphatic rings. The predicted molar refractivity (Wildman–Crippen MR) is 70.5 cm³/mol. The predicted octanol–water partition coefficient (Wildman–Crippen LogP) is 3.48. The molecule has 0 heterocycles. The molecule has 0 aliphatic heterocycles. The van der Waals surface area contributed by atoms with Crippen LogP contribution in [0, 0.1) is 11.6 Å². The highest BCUT2D eigenvalue weighted by molar-refractivity contribution is 7.98. The van der Waals surface area contributed by atoms with Crippen LogP contribution in [0.3, 0.4) is 0 Å². The average molecular weight is 274 g/mol. The van der Waals surface area contributed by atoms with Crippen LogP contribution in [0.5, 0.6) is 0 Å². The highest BCUT2D eigenvalue weighted by Gasteiger charge is 2.17. The van der Waals surface area contributed by atoms with E-state index in [1.54, 1.807) is 0 Å². The first kappa shape index (κ1) is 14.9. The number of hydrogen-bond donors (Lipinski definition) is 1. The SMILES string of the molecule is CCN(CC)SNc1ccc(F)c(C(C)=O)c1F. The standard InChI is InChI=1S/C12H16F2N2OS/c1-4-16(5-2)18-15-10-7-6-9(13)11(8(3)17)12(10)14/h6-7,15H,4-5H2,1-3H3. The van der Waals surface area contributed by atoms with Crippen molar-refractivity contribution in [1.29, 1.82) is 0 Å². The van der Waals surface area contributed by atoms with E-state index in [1.807, 2.05) is 18.2 Å². The molecule has 18 heavy (non-hydrogen) atoms. The Hall–Kier alpha value is -1.14. The Morgan fingerprint density at radius 2 is 1.94 bits per heavy atom. The topological polar surface area (TPSA) is 32.3 Å². The Bertz CT molecular complexity index is 436. The number of halogens is 2. The molecular formula is C12H16F2N2OS. The van der Waals surface area contributed by atoms with Crippen LogP contribution in [0.15, 0.2) is 12.1 Å². The molecule has 0 spiro atoms. The molecule has 0 amide bonds. The number of hydrogen-bond acceptors (Lipinski definition) is 4. The van der Waals surface area contributed by atoms with Gasteiger partial charge >= 0.3 is 0 Å². The molecule has 0 saturated heterocycles. The van der Waals surface area contributed by atoms with Gasteiger partial charge in [-0.2, -0.15) is 0 Å². The lowest BCUT2D eigenvalue weighted by Gasteiger charge is -2.18. The fourth-order valence-corrected chi connectivity index (χ4v) is 2.06. The molecule has 1 aromatic carbocycles. The number of benzene rings is 1. The van der Waals surface area contributed by atoms with Gasteiger partial charge in [0, 0.05) is 25.2 Å². The summed E-state index contributed by atoms with van der Waals surface area (Å²) in [5, 5.41) is 0. The van der Waals surface area contributed by atoms with Crippen molar-refractivity contribution in [3.63, 3.8) is 0 Å². The van der Waals surface area contributed by atoms with Gasteiger partial charge in [-0.05, 0) is 19.1 Å². The molecule has 0 fully saturated rings. The van der Waals surface area contributed by atoms with Gasteiger partial charge in [0.25, 0.3) is 0 Å². The van der Waals surface area contributed by atoms with E-state index in [0.29, 0.717) is 0 Å². The first-order valence-electron chi connectivity index (χ1n) is 5.68. The van der Waals surface area contributed by atoms with E-state index in [2.05, 4.69) is 4.72 Å². The van der Waals surface area contributed by atoms with E-state index in [-0.39, 0.29) is 5.69 Å². The fourth-order valence-electron chi connectivity index (χ4n) is 1.42. The summed E-state index contributed by atoms with van der Waals surface area (Å²) in [5.41, 5.74) is -0.390. The van der Waals surface area contributed by atoms with Gasteiger partial charge in [0.05, 0.1) is 11.3 Å². The van der Waals surface area contributed by atoms with Crippen molar-refractivity contribution < 1.29 is 13.6 Å². The number of Topliss-reactive ketones (excluding diaryl/α,β-unsaturated/α-hetero) is 1. The van der Waals surface area contributed by atoms with Gasteiger partial charge in [-0.1, -0.05) is 13.8 Å². The van der Waals surface area contributed by atoms with Crippen LogP contribution in [0.4, 0.5) is 14.5 Å². The molecular weight excluding hydrogens is 258 g/mol. The molecule has 1 rings (SSSR count). The summed E-state index contributed by atoms with van der Waals surface area (Å²) < 4.78 is 31.9. The summed E-state index contributed by atoms with van der Waals surface area (Å²) in [6, 6.07) is 2.37. The van der Waals surface area contributed by atoms with Crippen LogP contribution in [-0.2, 0) is 0 Å². The van der Waals surface area contributed by atoms with Crippen LogP contribution in [0.2, 0.25) is 0 Å². The summed E-state index contributed by atoms with van der Waals surface area (Å²) in [6.07, 6.45) is 0. The lowest BCUT2D eigenvalue weighted by Crippen LogP contribution is -2.17. The molecule has 0 bridgehead atoms. The van der Waals surface area contributed by atoms with Gasteiger partial charge in [0.15, 0.2) is 11.6 Å². The second kappa shape index (κ2) is 6.70. The zero-order valence-corrected chi connectivity index (χ0v) is 11.4. The molecule has 0 atom stereocenters. The van der Waals surface area contributed by atoms with Crippen molar-refractivity contribution in [3.05, 3.63) is 29.3 Å². The van der Waals surface area contributed by atoms with Gasteiger partial charge in [0.2, 0.25) is 0 Å². The molecule has 1 aromatic rings. The first-order chi connectivity index (χ1) is 8.51. The monoisotopic (exact) mass is 274 g/mol. The highest BCUT2D eigenvalue weighted by atomic mass is 32.2. The van der Waals surface area contributed by atoms with E-state index in [9.17, 15) is 13.6 Å². The number of ketones is 1. The number of carbonyl (C=O) groups is 1. The Labute approximate surface area is 110 Å². The summed E-state index contributed by atoms with van der Waals surface area (Å²) in [5.74, 6) is -2.30. The number of nitrogens with one attached hydrogen (secondary N) is 1. The first-order valence-corrected chi connectivity index (χ1v) is 6.45. The maximum absolute atomic E-state index is 13.9. The molecule has 3 nitrogen and oxygen atoms in total. The zero-order chi connectivity index (χ0) is 13.7. The quantitative estimate of drug-likeness (QED) is 0.636. The molecule has 1 N–H and O–H groups in total. The molecule has 0 radical (unpaired) electrons. The third kappa shape index (κ3) is 3.43. The normalized spacial score (nSPS) is 10.8. The zero-order valence-electron chi connectivity index (χ0n) is 10.6. The maximum Gasteiger partial charge on any atom is 0.165 e. The summed E-state index contributed by atoms with van der Waals surface area (Å²) in [6.45, 7) is 6.66. The van der Waals surface area contributed by atoms with E-state index in [1.165, 1.54) is 18.2 Å². The summed E-state index contributed by atoms with van der Waals surface area (Å²) in [4.78, 5) is 11.2. The van der Waals surface area contributed by atoms with E-state index in [4.69, 9.17) is 0 Å². The van der Waals surface area contributed by atoms with Crippen molar-refractivity contribution in [2.45, 2.75) is 20.8 Å². The number of nitrogens with zero attached hydrogens (tertiary/aromatic N) is 1. The van der Waals surface area contributed by atoms with E-state index in [0.717, 1.165) is 26.1 Å². The van der Waals surface area contributed by atoms with Crippen molar-refractivity contribution in [3.8, 4) is 0 Å². The Morgan fingerprint density at radius 1 is 1.33 bits per heavy atom. The molecule has 6 heteroatoms. The smallest absolute Gasteiger partial charge is 0.165 e. The van der Waals surface area contributed by atoms with Gasteiger partial charge in [-0.3, -0.25) is 4.79 Å². The lowest BCUT2D eigenvalue weighted by atomic mass is 10.1. The highest BCUT2D eigenvalue weighted by Crippen LogP contribution is 2.24. The second-order valence-electron chi connectivity index (χ2n) is 3.65. The maximum atomic E-state index is 13.9. The average Bonchev–Trinajstić information content (AvgIpc) is 2.32. The Morgan fingerprint density at radius 3 is 2.44 bits per heavy atom. The van der Waals surface area contributed by atoms with Crippen molar-refractivity contribution in [2.24, 2.45) is 0 Å². The van der Waals surface area contributed by atoms with Gasteiger partial charge in [-0.15, -0.1) is 0 Å². The minimum Gasteiger partial charge on any atom is -0.314 e. The third-order valence-corrected chi connectivity index (χ3v) is 3.52. The Kier molecular flexibility index (Phi) is 5.55. The summed E-state index contributed by atoms with van der Waals surface area (Å²) in [7, 11) is 0. The lowest BCUT2D eigenvalue weighted by molar-refractivity contribution is 0.101. The van der Waals surface area contributed by atoms with Crippen LogP contribution in [0.1, 0.15) is 31.1 Å². The van der Waals surface area contributed by atoms with Gasteiger partial charge in [0.1, 0.15) is 5.82 Å².